The molecule has 0 N–H and O–H groups in total. The predicted molar refractivity (Wildman–Crippen MR) is 97.7 cm³/mol. The molecule has 0 radical (unpaired) electrons. The molecule has 0 aliphatic carbocycles. The number of aliphatic imine (C=N–C) groups is 1. The van der Waals surface area contributed by atoms with E-state index in [1.165, 1.54) is 21.9 Å². The van der Waals surface area contributed by atoms with Crippen LogP contribution in [0.2, 0.25) is 0 Å². The molecule has 0 aromatic heterocycles. The highest BCUT2D eigenvalue weighted by molar-refractivity contribution is 6.21. The smallest absolute Gasteiger partial charge is 0.119 e. The number of fused-ring (bicyclic) bond motifs is 3. The monoisotopic (exact) mass is 317 g/mol. The van der Waals surface area contributed by atoms with Crippen LogP contribution < -0.4 is 9.47 Å². The van der Waals surface area contributed by atoms with Crippen LogP contribution in [0, 0.1) is 0 Å². The van der Waals surface area contributed by atoms with E-state index in [4.69, 9.17) is 14.5 Å². The lowest BCUT2D eigenvalue weighted by Crippen LogP contribution is -2.14. The second kappa shape index (κ2) is 6.00. The summed E-state index contributed by atoms with van der Waals surface area (Å²) in [5.74, 6) is 1.74. The maximum atomic E-state index is 5.36. The zero-order chi connectivity index (χ0) is 16.5. The van der Waals surface area contributed by atoms with Gasteiger partial charge < -0.3 is 9.47 Å². The van der Waals surface area contributed by atoms with Crippen LogP contribution in [0.4, 0.5) is 0 Å². The molecule has 0 amide bonds. The average Bonchev–Trinajstić information content (AvgIpc) is 2.67. The maximum absolute atomic E-state index is 5.36. The Hall–Kier alpha value is -2.81. The van der Waals surface area contributed by atoms with Crippen LogP contribution in [0.25, 0.3) is 10.8 Å². The molecule has 4 rings (SSSR count). The Kier molecular flexibility index (Phi) is 3.69. The van der Waals surface area contributed by atoms with Gasteiger partial charge in [0.2, 0.25) is 0 Å². The molecule has 3 nitrogen and oxygen atoms in total. The van der Waals surface area contributed by atoms with E-state index >= 15 is 0 Å². The van der Waals surface area contributed by atoms with Crippen molar-refractivity contribution in [3.05, 3.63) is 71.3 Å². The minimum atomic E-state index is 0.829. The summed E-state index contributed by atoms with van der Waals surface area (Å²) in [4.78, 5) is 4.83. The SMILES string of the molecule is COc1ccc(C2=NCCc3ccc4cc(OC)ccc4c32)cc1. The van der Waals surface area contributed by atoms with Crippen molar-refractivity contribution in [2.75, 3.05) is 20.8 Å². The fourth-order valence-corrected chi connectivity index (χ4v) is 3.32. The predicted octanol–water partition coefficient (Wildman–Crippen LogP) is 4.25. The van der Waals surface area contributed by atoms with Gasteiger partial charge in [0.1, 0.15) is 11.5 Å². The van der Waals surface area contributed by atoms with Crippen molar-refractivity contribution in [3.63, 3.8) is 0 Å². The third-order valence-corrected chi connectivity index (χ3v) is 4.56. The van der Waals surface area contributed by atoms with E-state index < -0.39 is 0 Å². The maximum Gasteiger partial charge on any atom is 0.119 e. The molecule has 24 heavy (non-hydrogen) atoms. The highest BCUT2D eigenvalue weighted by Gasteiger charge is 2.19. The molecule has 0 atom stereocenters. The van der Waals surface area contributed by atoms with Crippen molar-refractivity contribution < 1.29 is 9.47 Å². The van der Waals surface area contributed by atoms with E-state index in [0.29, 0.717) is 0 Å². The summed E-state index contributed by atoms with van der Waals surface area (Å²) in [6, 6.07) is 18.8. The summed E-state index contributed by atoms with van der Waals surface area (Å²) >= 11 is 0. The van der Waals surface area contributed by atoms with Crippen molar-refractivity contribution in [2.24, 2.45) is 4.99 Å². The summed E-state index contributed by atoms with van der Waals surface area (Å²) in [6.07, 6.45) is 0.983. The van der Waals surface area contributed by atoms with Crippen LogP contribution in [-0.2, 0) is 6.42 Å². The van der Waals surface area contributed by atoms with Gasteiger partial charge in [-0.1, -0.05) is 18.2 Å². The fourth-order valence-electron chi connectivity index (χ4n) is 3.32. The van der Waals surface area contributed by atoms with Gasteiger partial charge in [0.15, 0.2) is 0 Å². The summed E-state index contributed by atoms with van der Waals surface area (Å²) < 4.78 is 10.6. The van der Waals surface area contributed by atoms with Crippen molar-refractivity contribution in [3.8, 4) is 11.5 Å². The Morgan fingerprint density at radius 1 is 0.833 bits per heavy atom. The second-order valence-electron chi connectivity index (χ2n) is 5.90. The van der Waals surface area contributed by atoms with Crippen LogP contribution in [0.3, 0.4) is 0 Å². The van der Waals surface area contributed by atoms with Gasteiger partial charge in [-0.3, -0.25) is 4.99 Å². The molecule has 3 heteroatoms. The third kappa shape index (κ3) is 2.42. The van der Waals surface area contributed by atoms with Crippen LogP contribution in [0.5, 0.6) is 11.5 Å². The molecular formula is C21H19NO2. The molecule has 0 fully saturated rings. The largest absolute Gasteiger partial charge is 0.497 e. The lowest BCUT2D eigenvalue weighted by molar-refractivity contribution is 0.415. The summed E-state index contributed by atoms with van der Waals surface area (Å²) in [7, 11) is 3.38. The number of rotatable bonds is 3. The summed E-state index contributed by atoms with van der Waals surface area (Å²) in [6.45, 7) is 0.829. The van der Waals surface area contributed by atoms with Gasteiger partial charge in [-0.2, -0.15) is 0 Å². The molecule has 3 aromatic carbocycles. The molecule has 0 spiro atoms. The first kappa shape index (κ1) is 14.8. The average molecular weight is 317 g/mol. The van der Waals surface area contributed by atoms with Crippen LogP contribution in [0.1, 0.15) is 16.7 Å². The normalized spacial score (nSPS) is 13.3. The molecule has 3 aromatic rings. The molecule has 1 heterocycles. The Morgan fingerprint density at radius 3 is 2.33 bits per heavy atom. The lowest BCUT2D eigenvalue weighted by Gasteiger charge is -2.20. The van der Waals surface area contributed by atoms with Crippen molar-refractivity contribution >= 4 is 16.5 Å². The Labute approximate surface area is 141 Å². The van der Waals surface area contributed by atoms with Crippen molar-refractivity contribution in [2.45, 2.75) is 6.42 Å². The van der Waals surface area contributed by atoms with Crippen LogP contribution in [-0.4, -0.2) is 26.5 Å². The molecular weight excluding hydrogens is 298 g/mol. The van der Waals surface area contributed by atoms with E-state index in [2.05, 4.69) is 36.4 Å². The Morgan fingerprint density at radius 2 is 1.58 bits per heavy atom. The first-order valence-electron chi connectivity index (χ1n) is 8.09. The quantitative estimate of drug-likeness (QED) is 0.723. The van der Waals surface area contributed by atoms with E-state index in [1.807, 2.05) is 18.2 Å². The highest BCUT2D eigenvalue weighted by Crippen LogP contribution is 2.31. The van der Waals surface area contributed by atoms with Gasteiger partial charge in [-0.15, -0.1) is 0 Å². The molecule has 0 saturated carbocycles. The molecule has 120 valence electrons. The first-order valence-corrected chi connectivity index (χ1v) is 8.09. The number of nitrogens with zero attached hydrogens (tertiary/aromatic N) is 1. The van der Waals surface area contributed by atoms with Gasteiger partial charge in [0.25, 0.3) is 0 Å². The minimum Gasteiger partial charge on any atom is -0.497 e. The standard InChI is InChI=1S/C21H19NO2/c1-23-17-7-5-15(6-8-17)21-20-14(11-12-22-21)3-4-16-13-18(24-2)9-10-19(16)20/h3-10,13H,11-12H2,1-2H3. The van der Waals surface area contributed by atoms with Gasteiger partial charge in [-0.05, 0) is 59.2 Å². The zero-order valence-electron chi connectivity index (χ0n) is 13.9. The van der Waals surface area contributed by atoms with E-state index in [1.54, 1.807) is 14.2 Å². The molecule has 1 aliphatic heterocycles. The van der Waals surface area contributed by atoms with E-state index in [-0.39, 0.29) is 0 Å². The Balaban J connectivity index is 1.90. The summed E-state index contributed by atoms with van der Waals surface area (Å²) in [5.41, 5.74) is 4.79. The Bertz CT molecular complexity index is 926. The van der Waals surface area contributed by atoms with Crippen LogP contribution >= 0.6 is 0 Å². The van der Waals surface area contributed by atoms with Gasteiger partial charge >= 0.3 is 0 Å². The number of ether oxygens (including phenoxy) is 2. The van der Waals surface area contributed by atoms with Gasteiger partial charge in [0, 0.05) is 17.7 Å². The second-order valence-corrected chi connectivity index (χ2v) is 5.90. The van der Waals surface area contributed by atoms with Gasteiger partial charge in [0.05, 0.1) is 19.9 Å². The number of hydrogen-bond acceptors (Lipinski definition) is 3. The van der Waals surface area contributed by atoms with Crippen molar-refractivity contribution in [1.29, 1.82) is 0 Å². The molecule has 0 saturated heterocycles. The van der Waals surface area contributed by atoms with E-state index in [0.717, 1.165) is 35.7 Å². The van der Waals surface area contributed by atoms with Crippen molar-refractivity contribution in [1.82, 2.24) is 0 Å². The molecule has 0 unspecified atom stereocenters. The number of methoxy groups -OCH3 is 2. The molecule has 0 bridgehead atoms. The minimum absolute atomic E-state index is 0.829. The summed E-state index contributed by atoms with van der Waals surface area (Å²) in [5, 5.41) is 2.40. The fraction of sp³-hybridized carbons (Fsp3) is 0.190. The molecule has 1 aliphatic rings. The number of benzene rings is 3. The first-order chi connectivity index (χ1) is 11.8. The topological polar surface area (TPSA) is 30.8 Å². The third-order valence-electron chi connectivity index (χ3n) is 4.56. The zero-order valence-corrected chi connectivity index (χ0v) is 13.9. The number of hydrogen-bond donors (Lipinski definition) is 0. The van der Waals surface area contributed by atoms with Crippen LogP contribution in [0.15, 0.2) is 59.6 Å². The highest BCUT2D eigenvalue weighted by atomic mass is 16.5. The van der Waals surface area contributed by atoms with E-state index in [9.17, 15) is 0 Å². The van der Waals surface area contributed by atoms with Gasteiger partial charge in [-0.25, -0.2) is 0 Å². The lowest BCUT2D eigenvalue weighted by atomic mass is 9.89.